The van der Waals surface area contributed by atoms with E-state index in [-0.39, 0.29) is 0 Å². The Morgan fingerprint density at radius 1 is 1.31 bits per heavy atom. The molecule has 0 spiro atoms. The third-order valence-corrected chi connectivity index (χ3v) is 2.76. The minimum atomic E-state index is 0.735. The van der Waals surface area contributed by atoms with E-state index >= 15 is 0 Å². The first-order chi connectivity index (χ1) is 7.84. The van der Waals surface area contributed by atoms with Crippen LogP contribution in [0, 0.1) is 6.92 Å². The van der Waals surface area contributed by atoms with Crippen molar-refractivity contribution in [2.75, 3.05) is 0 Å². The lowest BCUT2D eigenvalue weighted by Crippen LogP contribution is -2.01. The van der Waals surface area contributed by atoms with E-state index in [1.807, 2.05) is 24.4 Å². The molecule has 0 unspecified atom stereocenters. The van der Waals surface area contributed by atoms with Gasteiger partial charge in [0.2, 0.25) is 0 Å². The second kappa shape index (κ2) is 3.52. The maximum absolute atomic E-state index is 5.36. The highest BCUT2D eigenvalue weighted by Gasteiger charge is 2.07. The molecule has 0 radical (unpaired) electrons. The molecule has 0 aliphatic rings. The molecule has 3 heteroatoms. The van der Waals surface area contributed by atoms with Crippen molar-refractivity contribution in [2.24, 2.45) is 0 Å². The Bertz CT molecular complexity index is 608. The average molecular weight is 212 g/mol. The van der Waals surface area contributed by atoms with Crippen molar-refractivity contribution in [3.8, 4) is 0 Å². The molecular formula is C13H12N2O. The second-order valence-electron chi connectivity index (χ2n) is 3.87. The molecule has 0 saturated heterocycles. The molecule has 80 valence electrons. The third kappa shape index (κ3) is 1.41. The molecule has 0 aliphatic carbocycles. The molecule has 0 aliphatic heterocycles. The van der Waals surface area contributed by atoms with Gasteiger partial charge in [0.15, 0.2) is 0 Å². The van der Waals surface area contributed by atoms with E-state index in [4.69, 9.17) is 4.42 Å². The lowest BCUT2D eigenvalue weighted by atomic mass is 10.3. The van der Waals surface area contributed by atoms with Gasteiger partial charge in [-0.25, -0.2) is 4.98 Å². The first-order valence-corrected chi connectivity index (χ1v) is 5.28. The van der Waals surface area contributed by atoms with E-state index < -0.39 is 0 Å². The molecule has 3 heterocycles. The molecule has 3 aromatic heterocycles. The molecule has 16 heavy (non-hydrogen) atoms. The molecule has 0 fully saturated rings. The molecule has 3 aromatic rings. The van der Waals surface area contributed by atoms with Crippen LogP contribution in [0.1, 0.15) is 11.5 Å². The lowest BCUT2D eigenvalue weighted by molar-refractivity contribution is 0.494. The van der Waals surface area contributed by atoms with Gasteiger partial charge in [0.1, 0.15) is 11.4 Å². The highest BCUT2D eigenvalue weighted by Crippen LogP contribution is 2.18. The van der Waals surface area contributed by atoms with Crippen molar-refractivity contribution >= 4 is 11.0 Å². The van der Waals surface area contributed by atoms with Crippen LogP contribution >= 0.6 is 0 Å². The number of furan rings is 1. The summed E-state index contributed by atoms with van der Waals surface area (Å²) in [5, 5.41) is 1.17. The van der Waals surface area contributed by atoms with Gasteiger partial charge in [-0.1, -0.05) is 0 Å². The molecule has 0 atom stereocenters. The summed E-state index contributed by atoms with van der Waals surface area (Å²) in [6.07, 6.45) is 3.52. The number of nitrogens with zero attached hydrogens (tertiary/aromatic N) is 2. The fraction of sp³-hybridized carbons (Fsp3) is 0.154. The quantitative estimate of drug-likeness (QED) is 0.653. The molecule has 0 amide bonds. The van der Waals surface area contributed by atoms with E-state index in [1.165, 1.54) is 11.1 Å². The van der Waals surface area contributed by atoms with Crippen LogP contribution in [0.4, 0.5) is 0 Å². The summed E-state index contributed by atoms with van der Waals surface area (Å²) >= 11 is 0. The molecule has 0 N–H and O–H groups in total. The number of rotatable bonds is 2. The maximum Gasteiger partial charge on any atom is 0.140 e. The number of aromatic nitrogens is 2. The fourth-order valence-electron chi connectivity index (χ4n) is 1.98. The Morgan fingerprint density at radius 3 is 3.06 bits per heavy atom. The Morgan fingerprint density at radius 2 is 2.25 bits per heavy atom. The van der Waals surface area contributed by atoms with E-state index in [0.29, 0.717) is 0 Å². The van der Waals surface area contributed by atoms with Crippen molar-refractivity contribution in [2.45, 2.75) is 13.5 Å². The van der Waals surface area contributed by atoms with Gasteiger partial charge in [0.25, 0.3) is 0 Å². The van der Waals surface area contributed by atoms with Gasteiger partial charge < -0.3 is 8.98 Å². The van der Waals surface area contributed by atoms with Gasteiger partial charge in [-0.3, -0.25) is 0 Å². The topological polar surface area (TPSA) is 31.0 Å². The molecule has 3 rings (SSSR count). The maximum atomic E-state index is 5.36. The molecule has 0 saturated carbocycles. The minimum absolute atomic E-state index is 0.735. The van der Waals surface area contributed by atoms with Crippen molar-refractivity contribution in [1.29, 1.82) is 0 Å². The van der Waals surface area contributed by atoms with Gasteiger partial charge >= 0.3 is 0 Å². The number of hydrogen-bond acceptors (Lipinski definition) is 2. The molecular weight excluding hydrogens is 200 g/mol. The predicted molar refractivity (Wildman–Crippen MR) is 62.3 cm³/mol. The molecule has 0 bridgehead atoms. The van der Waals surface area contributed by atoms with Crippen LogP contribution in [0.3, 0.4) is 0 Å². The second-order valence-corrected chi connectivity index (χ2v) is 3.87. The summed E-state index contributed by atoms with van der Waals surface area (Å²) in [4.78, 5) is 4.40. The Hall–Kier alpha value is -2.03. The largest absolute Gasteiger partial charge is 0.467 e. The van der Waals surface area contributed by atoms with E-state index in [0.717, 1.165) is 18.0 Å². The van der Waals surface area contributed by atoms with Gasteiger partial charge in [-0.2, -0.15) is 0 Å². The van der Waals surface area contributed by atoms with E-state index in [9.17, 15) is 0 Å². The van der Waals surface area contributed by atoms with E-state index in [1.54, 1.807) is 6.26 Å². The summed E-state index contributed by atoms with van der Waals surface area (Å²) in [6.45, 7) is 2.82. The average Bonchev–Trinajstić information content (AvgIpc) is 2.89. The zero-order valence-electron chi connectivity index (χ0n) is 9.05. The minimum Gasteiger partial charge on any atom is -0.467 e. The number of aryl methyl sites for hydroxylation is 1. The summed E-state index contributed by atoms with van der Waals surface area (Å²) in [5.41, 5.74) is 2.21. The van der Waals surface area contributed by atoms with Crippen LogP contribution in [-0.2, 0) is 6.54 Å². The van der Waals surface area contributed by atoms with E-state index in [2.05, 4.69) is 28.6 Å². The predicted octanol–water partition coefficient (Wildman–Crippen LogP) is 2.99. The molecule has 0 aromatic carbocycles. The van der Waals surface area contributed by atoms with Crippen LogP contribution in [0.2, 0.25) is 0 Å². The first kappa shape index (κ1) is 9.21. The van der Waals surface area contributed by atoms with Gasteiger partial charge in [-0.05, 0) is 37.3 Å². The summed E-state index contributed by atoms with van der Waals surface area (Å²) < 4.78 is 7.52. The van der Waals surface area contributed by atoms with Crippen LogP contribution in [0.5, 0.6) is 0 Å². The van der Waals surface area contributed by atoms with Gasteiger partial charge in [-0.15, -0.1) is 0 Å². The SMILES string of the molecule is Cc1cc2cccnc2n1Cc1ccco1. The normalized spacial score (nSPS) is 11.1. The van der Waals surface area contributed by atoms with Crippen LogP contribution < -0.4 is 0 Å². The summed E-state index contributed by atoms with van der Waals surface area (Å²) in [5.74, 6) is 0.950. The highest BCUT2D eigenvalue weighted by molar-refractivity contribution is 5.77. The van der Waals surface area contributed by atoms with Crippen molar-refractivity contribution in [3.63, 3.8) is 0 Å². The smallest absolute Gasteiger partial charge is 0.140 e. The Labute approximate surface area is 93.3 Å². The zero-order valence-corrected chi connectivity index (χ0v) is 9.05. The zero-order chi connectivity index (χ0) is 11.0. The van der Waals surface area contributed by atoms with Gasteiger partial charge in [0, 0.05) is 17.3 Å². The van der Waals surface area contributed by atoms with Crippen LogP contribution in [-0.4, -0.2) is 9.55 Å². The number of hydrogen-bond donors (Lipinski definition) is 0. The number of pyridine rings is 1. The monoisotopic (exact) mass is 212 g/mol. The van der Waals surface area contributed by atoms with Crippen molar-refractivity contribution in [3.05, 3.63) is 54.2 Å². The third-order valence-electron chi connectivity index (χ3n) is 2.76. The fourth-order valence-corrected chi connectivity index (χ4v) is 1.98. The van der Waals surface area contributed by atoms with Gasteiger partial charge in [0.05, 0.1) is 12.8 Å². The molecule has 3 nitrogen and oxygen atoms in total. The van der Waals surface area contributed by atoms with Crippen LogP contribution in [0.15, 0.2) is 47.2 Å². The van der Waals surface area contributed by atoms with Crippen molar-refractivity contribution < 1.29 is 4.42 Å². The standard InChI is InChI=1S/C13H12N2O/c1-10-8-11-4-2-6-14-13(11)15(10)9-12-5-3-7-16-12/h2-8H,9H2,1H3. The van der Waals surface area contributed by atoms with Crippen molar-refractivity contribution in [1.82, 2.24) is 9.55 Å². The lowest BCUT2D eigenvalue weighted by Gasteiger charge is -2.04. The Balaban J connectivity index is 2.12. The Kier molecular flexibility index (Phi) is 2.03. The highest BCUT2D eigenvalue weighted by atomic mass is 16.3. The first-order valence-electron chi connectivity index (χ1n) is 5.28. The summed E-state index contributed by atoms with van der Waals surface area (Å²) in [7, 11) is 0. The summed E-state index contributed by atoms with van der Waals surface area (Å²) in [6, 6.07) is 10.1. The number of fused-ring (bicyclic) bond motifs is 1. The van der Waals surface area contributed by atoms with Crippen LogP contribution in [0.25, 0.3) is 11.0 Å².